The Hall–Kier alpha value is -3.84. The van der Waals surface area contributed by atoms with Gasteiger partial charge in [-0.2, -0.15) is 0 Å². The van der Waals surface area contributed by atoms with Crippen LogP contribution in [-0.2, 0) is 19.0 Å². The van der Waals surface area contributed by atoms with E-state index in [1.807, 2.05) is 0 Å². The molecule has 0 bridgehead atoms. The van der Waals surface area contributed by atoms with Crippen molar-refractivity contribution in [1.82, 2.24) is 14.9 Å². The third-order valence-corrected chi connectivity index (χ3v) is 5.79. The van der Waals surface area contributed by atoms with Gasteiger partial charge in [0.1, 0.15) is 24.9 Å². The van der Waals surface area contributed by atoms with Crippen molar-refractivity contribution < 1.29 is 28.7 Å². The maximum atomic E-state index is 12.6. The minimum atomic E-state index is -1.01. The number of nitro groups is 1. The van der Waals surface area contributed by atoms with Gasteiger partial charge in [-0.3, -0.25) is 29.3 Å². The molecule has 1 saturated heterocycles. The minimum absolute atomic E-state index is 0.115. The number of ether oxygens (including phenoxy) is 3. The molecular formula is C22H26N4O9. The van der Waals surface area contributed by atoms with Gasteiger partial charge in [0.25, 0.3) is 11.2 Å². The zero-order valence-electron chi connectivity index (χ0n) is 19.5. The third-order valence-electron chi connectivity index (χ3n) is 5.79. The summed E-state index contributed by atoms with van der Waals surface area (Å²) >= 11 is 0. The number of benzene rings is 1. The molecule has 2 aromatic rings. The van der Waals surface area contributed by atoms with Gasteiger partial charge in [0, 0.05) is 36.9 Å². The highest BCUT2D eigenvalue weighted by Gasteiger charge is 2.47. The zero-order chi connectivity index (χ0) is 25.9. The van der Waals surface area contributed by atoms with Gasteiger partial charge >= 0.3 is 11.7 Å². The standard InChI is InChI=1S/C22H26N4O9/c1-11-9-25(22(30)24-19(11)28)20-18(33-10-16(27)23-4)12(2)17(35-20)13(3)34-21(29)14-5-7-15(8-6-14)26(31)32/h5-9,12-13,17-18,20H,10H2,1-4H3,(H,23,27)(H,24,28,30)/t12-,13+,17+,18-,20-/m1/s1. The van der Waals surface area contributed by atoms with Crippen molar-refractivity contribution in [2.45, 2.75) is 45.3 Å². The smallest absolute Gasteiger partial charge is 0.338 e. The number of aromatic nitrogens is 2. The molecule has 1 aliphatic heterocycles. The normalized spacial score (nSPS) is 22.4. The number of nitrogens with zero attached hydrogens (tertiary/aromatic N) is 2. The topological polar surface area (TPSA) is 172 Å². The Morgan fingerprint density at radius 3 is 2.54 bits per heavy atom. The number of nitro benzene ring substituents is 1. The van der Waals surface area contributed by atoms with Crippen LogP contribution >= 0.6 is 0 Å². The second kappa shape index (κ2) is 10.6. The summed E-state index contributed by atoms with van der Waals surface area (Å²) in [5.74, 6) is -1.54. The molecule has 0 saturated carbocycles. The van der Waals surface area contributed by atoms with Crippen molar-refractivity contribution in [2.75, 3.05) is 13.7 Å². The van der Waals surface area contributed by atoms with E-state index in [1.165, 1.54) is 49.0 Å². The van der Waals surface area contributed by atoms with E-state index in [0.29, 0.717) is 0 Å². The van der Waals surface area contributed by atoms with Gasteiger partial charge in [0.2, 0.25) is 5.91 Å². The summed E-state index contributed by atoms with van der Waals surface area (Å²) in [6, 6.07) is 4.96. The van der Waals surface area contributed by atoms with Crippen molar-refractivity contribution >= 4 is 17.6 Å². The summed E-state index contributed by atoms with van der Waals surface area (Å²) in [5, 5.41) is 13.3. The molecule has 1 aromatic heterocycles. The second-order valence-corrected chi connectivity index (χ2v) is 8.19. The number of aryl methyl sites for hydroxylation is 1. The predicted molar refractivity (Wildman–Crippen MR) is 121 cm³/mol. The number of carbonyl (C=O) groups is 2. The van der Waals surface area contributed by atoms with Gasteiger partial charge in [-0.15, -0.1) is 0 Å². The molecule has 1 fully saturated rings. The van der Waals surface area contributed by atoms with E-state index in [9.17, 15) is 29.3 Å². The van der Waals surface area contributed by atoms with Crippen LogP contribution in [0.5, 0.6) is 0 Å². The summed E-state index contributed by atoms with van der Waals surface area (Å²) in [5.41, 5.74) is -1.04. The lowest BCUT2D eigenvalue weighted by Crippen LogP contribution is -2.39. The number of non-ortho nitro benzene ring substituents is 1. The fourth-order valence-corrected chi connectivity index (χ4v) is 3.85. The molecular weight excluding hydrogens is 464 g/mol. The number of hydrogen-bond acceptors (Lipinski definition) is 9. The van der Waals surface area contributed by atoms with Crippen LogP contribution in [0.3, 0.4) is 0 Å². The lowest BCUT2D eigenvalue weighted by Gasteiger charge is -2.24. The van der Waals surface area contributed by atoms with E-state index in [1.54, 1.807) is 13.8 Å². The summed E-state index contributed by atoms with van der Waals surface area (Å²) < 4.78 is 18.6. The number of likely N-dealkylation sites (N-methyl/N-ethyl adjacent to an activating group) is 1. The Labute approximate surface area is 199 Å². The molecule has 5 atom stereocenters. The molecule has 0 radical (unpaired) electrons. The van der Waals surface area contributed by atoms with E-state index >= 15 is 0 Å². The molecule has 0 aliphatic carbocycles. The van der Waals surface area contributed by atoms with Crippen LogP contribution in [0.15, 0.2) is 40.1 Å². The number of H-pyrrole nitrogens is 1. The first-order valence-electron chi connectivity index (χ1n) is 10.8. The Morgan fingerprint density at radius 2 is 1.94 bits per heavy atom. The highest BCUT2D eigenvalue weighted by molar-refractivity contribution is 5.89. The highest BCUT2D eigenvalue weighted by Crippen LogP contribution is 2.37. The van der Waals surface area contributed by atoms with Crippen LogP contribution in [0.4, 0.5) is 5.69 Å². The maximum Gasteiger partial charge on any atom is 0.338 e. The fraction of sp³-hybridized carbons (Fsp3) is 0.455. The van der Waals surface area contributed by atoms with Gasteiger partial charge in [-0.25, -0.2) is 9.59 Å². The minimum Gasteiger partial charge on any atom is -0.456 e. The van der Waals surface area contributed by atoms with E-state index in [2.05, 4.69) is 10.3 Å². The third kappa shape index (κ3) is 5.63. The van der Waals surface area contributed by atoms with E-state index in [0.717, 1.165) is 0 Å². The number of hydrogen-bond donors (Lipinski definition) is 2. The Kier molecular flexibility index (Phi) is 7.82. The van der Waals surface area contributed by atoms with Crippen LogP contribution in [-0.4, -0.2) is 58.3 Å². The lowest BCUT2D eigenvalue weighted by molar-refractivity contribution is -0.384. The molecule has 1 aromatic carbocycles. The van der Waals surface area contributed by atoms with Crippen molar-refractivity contribution in [3.8, 4) is 0 Å². The quantitative estimate of drug-likeness (QED) is 0.306. The zero-order valence-corrected chi connectivity index (χ0v) is 19.5. The first-order valence-corrected chi connectivity index (χ1v) is 10.8. The van der Waals surface area contributed by atoms with Crippen molar-refractivity contribution in [1.29, 1.82) is 0 Å². The van der Waals surface area contributed by atoms with Crippen molar-refractivity contribution in [3.63, 3.8) is 0 Å². The highest BCUT2D eigenvalue weighted by atomic mass is 16.6. The SMILES string of the molecule is CNC(=O)CO[C@@H]1[C@H](C)[C@@H]([C@H](C)OC(=O)c2ccc([N+](=O)[O-])cc2)O[C@H]1n1cc(C)c(=O)[nH]c1=O. The number of esters is 1. The van der Waals surface area contributed by atoms with Crippen molar-refractivity contribution in [3.05, 3.63) is 72.5 Å². The second-order valence-electron chi connectivity index (χ2n) is 8.19. The molecule has 188 valence electrons. The molecule has 2 heterocycles. The lowest BCUT2D eigenvalue weighted by atomic mass is 9.96. The Morgan fingerprint density at radius 1 is 1.29 bits per heavy atom. The summed E-state index contributed by atoms with van der Waals surface area (Å²) in [6.07, 6.45) is -2.02. The van der Waals surface area contributed by atoms with E-state index in [-0.39, 0.29) is 29.3 Å². The molecule has 0 spiro atoms. The molecule has 13 nitrogen and oxygen atoms in total. The van der Waals surface area contributed by atoms with Crippen LogP contribution in [0, 0.1) is 23.0 Å². The van der Waals surface area contributed by atoms with Crippen LogP contribution in [0.1, 0.15) is 36.0 Å². The number of nitrogens with one attached hydrogen (secondary N) is 2. The average Bonchev–Trinajstić information content (AvgIpc) is 3.15. The largest absolute Gasteiger partial charge is 0.456 e. The molecule has 1 aliphatic rings. The van der Waals surface area contributed by atoms with Crippen molar-refractivity contribution in [2.24, 2.45) is 5.92 Å². The molecule has 13 heteroatoms. The number of amides is 1. The monoisotopic (exact) mass is 490 g/mol. The number of aromatic amines is 1. The van der Waals surface area contributed by atoms with E-state index in [4.69, 9.17) is 14.2 Å². The first-order chi connectivity index (χ1) is 16.5. The van der Waals surface area contributed by atoms with Gasteiger partial charge in [0.15, 0.2) is 6.23 Å². The molecule has 3 rings (SSSR count). The molecule has 2 N–H and O–H groups in total. The first kappa shape index (κ1) is 25.8. The van der Waals surface area contributed by atoms with Gasteiger partial charge in [-0.1, -0.05) is 6.92 Å². The maximum absolute atomic E-state index is 12.6. The predicted octanol–water partition coefficient (Wildman–Crippen LogP) is 0.663. The van der Waals surface area contributed by atoms with Crippen LogP contribution < -0.4 is 16.6 Å². The van der Waals surface area contributed by atoms with Gasteiger partial charge in [-0.05, 0) is 26.0 Å². The fourth-order valence-electron chi connectivity index (χ4n) is 3.85. The van der Waals surface area contributed by atoms with Gasteiger partial charge < -0.3 is 19.5 Å². The van der Waals surface area contributed by atoms with E-state index < -0.39 is 52.6 Å². The number of carbonyl (C=O) groups excluding carboxylic acids is 2. The summed E-state index contributed by atoms with van der Waals surface area (Å²) in [4.78, 5) is 61.1. The number of rotatable bonds is 8. The Balaban J connectivity index is 1.83. The average molecular weight is 490 g/mol. The van der Waals surface area contributed by atoms with Crippen LogP contribution in [0.25, 0.3) is 0 Å². The van der Waals surface area contributed by atoms with Gasteiger partial charge in [0.05, 0.1) is 10.5 Å². The molecule has 0 unspecified atom stereocenters. The Bertz CT molecular complexity index is 1220. The van der Waals surface area contributed by atoms with Crippen LogP contribution in [0.2, 0.25) is 0 Å². The summed E-state index contributed by atoms with van der Waals surface area (Å²) in [6.45, 7) is 4.59. The molecule has 35 heavy (non-hydrogen) atoms. The summed E-state index contributed by atoms with van der Waals surface area (Å²) in [7, 11) is 1.45. The molecule has 1 amide bonds.